The fourth-order valence-corrected chi connectivity index (χ4v) is 4.64. The summed E-state index contributed by atoms with van der Waals surface area (Å²) in [6, 6.07) is 4.03. The van der Waals surface area contributed by atoms with E-state index in [4.69, 9.17) is 0 Å². The van der Waals surface area contributed by atoms with Crippen molar-refractivity contribution in [1.82, 2.24) is 9.88 Å². The first-order chi connectivity index (χ1) is 10.4. The number of carbonyl (C=O) groups excluding carboxylic acids is 1. The van der Waals surface area contributed by atoms with Crippen LogP contribution in [0.2, 0.25) is 0 Å². The number of nitrogens with zero attached hydrogens (tertiary/aromatic N) is 1. The van der Waals surface area contributed by atoms with Gasteiger partial charge in [-0.1, -0.05) is 0 Å². The minimum atomic E-state index is -3.10. The summed E-state index contributed by atoms with van der Waals surface area (Å²) in [6.07, 6.45) is 5.27. The van der Waals surface area contributed by atoms with Crippen LogP contribution in [0.5, 0.6) is 0 Å². The van der Waals surface area contributed by atoms with E-state index in [1.54, 1.807) is 22.4 Å². The third-order valence-electron chi connectivity index (χ3n) is 4.02. The van der Waals surface area contributed by atoms with Gasteiger partial charge in [-0.15, -0.1) is 11.3 Å². The highest BCUT2D eigenvalue weighted by Crippen LogP contribution is 2.31. The zero-order valence-corrected chi connectivity index (χ0v) is 14.1. The van der Waals surface area contributed by atoms with E-state index in [0.717, 1.165) is 10.4 Å². The van der Waals surface area contributed by atoms with Crippen molar-refractivity contribution in [2.45, 2.75) is 18.6 Å². The van der Waals surface area contributed by atoms with Crippen LogP contribution in [-0.4, -0.2) is 48.8 Å². The highest BCUT2D eigenvalue weighted by molar-refractivity contribution is 7.91. The van der Waals surface area contributed by atoms with Crippen molar-refractivity contribution in [1.29, 1.82) is 0 Å². The molecule has 7 heteroatoms. The van der Waals surface area contributed by atoms with Crippen molar-refractivity contribution < 1.29 is 13.2 Å². The highest BCUT2D eigenvalue weighted by atomic mass is 32.2. The Balaban J connectivity index is 1.84. The quantitative estimate of drug-likeness (QED) is 0.933. The van der Waals surface area contributed by atoms with E-state index >= 15 is 0 Å². The highest BCUT2D eigenvalue weighted by Gasteiger charge is 2.33. The number of thiophene rings is 1. The smallest absolute Gasteiger partial charge is 0.256 e. The molecule has 0 aliphatic carbocycles. The predicted octanol–water partition coefficient (Wildman–Crippen LogP) is 2.31. The molecular weight excluding hydrogens is 320 g/mol. The molecule has 118 valence electrons. The average Bonchev–Trinajstić information content (AvgIpc) is 3.16. The molecule has 1 saturated heterocycles. The Bertz CT molecular complexity index is 804. The van der Waals surface area contributed by atoms with Crippen LogP contribution in [0.15, 0.2) is 24.5 Å². The predicted molar refractivity (Wildman–Crippen MR) is 88.0 cm³/mol. The van der Waals surface area contributed by atoms with Crippen molar-refractivity contribution in [3.05, 3.63) is 35.0 Å². The van der Waals surface area contributed by atoms with E-state index < -0.39 is 15.1 Å². The number of carbonyl (C=O) groups is 1. The first-order valence-electron chi connectivity index (χ1n) is 7.08. The Morgan fingerprint density at radius 3 is 2.73 bits per heavy atom. The maximum atomic E-state index is 12.7. The molecule has 0 aromatic carbocycles. The molecular formula is C15H18N2O3S2. The summed E-state index contributed by atoms with van der Waals surface area (Å²) in [5.74, 6) is -0.103. The van der Waals surface area contributed by atoms with Gasteiger partial charge >= 0.3 is 0 Å². The average molecular weight is 338 g/mol. The lowest BCUT2D eigenvalue weighted by atomic mass is 10.1. The summed E-state index contributed by atoms with van der Waals surface area (Å²) in [7, 11) is -3.10. The van der Waals surface area contributed by atoms with Crippen LogP contribution in [0.3, 0.4) is 0 Å². The number of hydrogen-bond acceptors (Lipinski definition) is 4. The maximum absolute atomic E-state index is 12.7. The van der Waals surface area contributed by atoms with Crippen LogP contribution in [0.4, 0.5) is 0 Å². The van der Waals surface area contributed by atoms with E-state index in [1.807, 2.05) is 25.3 Å². The molecule has 3 rings (SSSR count). The molecule has 0 bridgehead atoms. The van der Waals surface area contributed by atoms with Gasteiger partial charge < -0.3 is 9.88 Å². The maximum Gasteiger partial charge on any atom is 0.256 e. The van der Waals surface area contributed by atoms with E-state index in [2.05, 4.69) is 4.98 Å². The van der Waals surface area contributed by atoms with Gasteiger partial charge in [0.1, 0.15) is 0 Å². The fraction of sp³-hybridized carbons (Fsp3) is 0.400. The van der Waals surface area contributed by atoms with Crippen LogP contribution in [-0.2, 0) is 9.84 Å². The number of aromatic nitrogens is 1. The largest absolute Gasteiger partial charge is 0.366 e. The number of likely N-dealkylation sites (tertiary alicyclic amines) is 1. The molecule has 3 heterocycles. The zero-order chi connectivity index (χ0) is 15.9. The first kappa shape index (κ1) is 15.3. The molecule has 1 N–H and O–H groups in total. The molecule has 0 radical (unpaired) electrons. The molecule has 1 aliphatic heterocycles. The summed E-state index contributed by atoms with van der Waals surface area (Å²) in [4.78, 5) is 19.6. The molecule has 5 nitrogen and oxygen atoms in total. The number of aromatic amines is 1. The molecule has 1 amide bonds. The van der Waals surface area contributed by atoms with Crippen LogP contribution >= 0.6 is 11.3 Å². The van der Waals surface area contributed by atoms with Gasteiger partial charge in [0.05, 0.1) is 10.8 Å². The normalized spacial score (nSPS) is 18.8. The molecule has 1 atom stereocenters. The van der Waals surface area contributed by atoms with Crippen LogP contribution < -0.4 is 0 Å². The van der Waals surface area contributed by atoms with Crippen molar-refractivity contribution in [2.24, 2.45) is 0 Å². The molecule has 0 spiro atoms. The number of nitrogens with one attached hydrogen (secondary N) is 1. The number of sulfone groups is 1. The second kappa shape index (κ2) is 5.55. The topological polar surface area (TPSA) is 70.2 Å². The zero-order valence-electron chi connectivity index (χ0n) is 12.5. The standard InChI is InChI=1S/C15H18N2O3S2/c1-10-3-4-14(21-10)12-7-16-8-13(12)15(18)17-6-5-11(9-17)22(2,19)20/h3-4,7-8,11,16H,5-6,9H2,1-2H3. The van der Waals surface area contributed by atoms with E-state index in [1.165, 1.54) is 11.1 Å². The molecule has 22 heavy (non-hydrogen) atoms. The summed E-state index contributed by atoms with van der Waals surface area (Å²) >= 11 is 1.64. The molecule has 2 aromatic rings. The van der Waals surface area contributed by atoms with Crippen molar-refractivity contribution in [3.63, 3.8) is 0 Å². The lowest BCUT2D eigenvalue weighted by Crippen LogP contribution is -2.31. The van der Waals surface area contributed by atoms with Crippen LogP contribution in [0.25, 0.3) is 10.4 Å². The summed E-state index contributed by atoms with van der Waals surface area (Å²) in [6.45, 7) is 2.80. The lowest BCUT2D eigenvalue weighted by Gasteiger charge is -2.16. The minimum absolute atomic E-state index is 0.103. The number of amides is 1. The van der Waals surface area contributed by atoms with E-state index in [-0.39, 0.29) is 12.5 Å². The number of rotatable bonds is 3. The van der Waals surface area contributed by atoms with E-state index in [9.17, 15) is 13.2 Å². The Labute approximate surface area is 133 Å². The molecule has 2 aromatic heterocycles. The van der Waals surface area contributed by atoms with Gasteiger partial charge in [-0.3, -0.25) is 4.79 Å². The number of H-pyrrole nitrogens is 1. The summed E-state index contributed by atoms with van der Waals surface area (Å²) < 4.78 is 23.3. The van der Waals surface area contributed by atoms with Gasteiger partial charge in [-0.2, -0.15) is 0 Å². The van der Waals surface area contributed by atoms with Crippen LogP contribution in [0.1, 0.15) is 21.7 Å². The Kier molecular flexibility index (Phi) is 3.86. The van der Waals surface area contributed by atoms with Gasteiger partial charge in [0.15, 0.2) is 9.84 Å². The number of hydrogen-bond donors (Lipinski definition) is 1. The molecule has 0 saturated carbocycles. The second-order valence-electron chi connectivity index (χ2n) is 5.68. The fourth-order valence-electron chi connectivity index (χ4n) is 2.76. The minimum Gasteiger partial charge on any atom is -0.366 e. The van der Waals surface area contributed by atoms with E-state index in [0.29, 0.717) is 18.5 Å². The molecule has 1 aliphatic rings. The summed E-state index contributed by atoms with van der Waals surface area (Å²) in [5.41, 5.74) is 1.49. The molecule has 1 unspecified atom stereocenters. The third-order valence-corrected chi connectivity index (χ3v) is 6.65. The SMILES string of the molecule is Cc1ccc(-c2c[nH]cc2C(=O)N2CCC(S(C)(=O)=O)C2)s1. The number of aryl methyl sites for hydroxylation is 1. The van der Waals surface area contributed by atoms with Gasteiger partial charge in [0, 0.05) is 47.1 Å². The second-order valence-corrected chi connectivity index (χ2v) is 9.30. The van der Waals surface area contributed by atoms with Crippen molar-refractivity contribution in [3.8, 4) is 10.4 Å². The van der Waals surface area contributed by atoms with Gasteiger partial charge in [0.25, 0.3) is 5.91 Å². The van der Waals surface area contributed by atoms with Crippen molar-refractivity contribution >= 4 is 27.1 Å². The van der Waals surface area contributed by atoms with Crippen molar-refractivity contribution in [2.75, 3.05) is 19.3 Å². The molecule has 1 fully saturated rings. The third kappa shape index (κ3) is 2.83. The lowest BCUT2D eigenvalue weighted by molar-refractivity contribution is 0.0794. The Hall–Kier alpha value is -1.60. The van der Waals surface area contributed by atoms with Gasteiger partial charge in [-0.05, 0) is 25.5 Å². The van der Waals surface area contributed by atoms with Gasteiger partial charge in [0.2, 0.25) is 0 Å². The first-order valence-corrected chi connectivity index (χ1v) is 9.85. The van der Waals surface area contributed by atoms with Gasteiger partial charge in [-0.25, -0.2) is 8.42 Å². The van der Waals surface area contributed by atoms with Crippen LogP contribution in [0, 0.1) is 6.92 Å². The Morgan fingerprint density at radius 1 is 1.36 bits per heavy atom. The summed E-state index contributed by atoms with van der Waals surface area (Å²) in [5, 5.41) is -0.442. The monoisotopic (exact) mass is 338 g/mol. The Morgan fingerprint density at radius 2 is 2.14 bits per heavy atom.